The van der Waals surface area contributed by atoms with Gasteiger partial charge in [-0.3, -0.25) is 0 Å². The SMILES string of the molecule is Clc1cccc(CN=NC2=Nc3ccccc3NC23CCSCC3)c1. The standard InChI is InChI=1S/C19H19ClN4S/c20-15-5-3-4-14(12-15)13-21-24-18-19(8-10-25-11-9-19)23-17-7-2-1-6-16(17)22-18/h1-7,12,23H,8-11,13H2. The van der Waals surface area contributed by atoms with Crippen molar-refractivity contribution in [2.24, 2.45) is 15.2 Å². The summed E-state index contributed by atoms with van der Waals surface area (Å²) in [7, 11) is 0. The van der Waals surface area contributed by atoms with E-state index in [-0.39, 0.29) is 5.54 Å². The molecule has 4 nitrogen and oxygen atoms in total. The summed E-state index contributed by atoms with van der Waals surface area (Å²) in [4.78, 5) is 4.83. The van der Waals surface area contributed by atoms with Crippen LogP contribution in [0.4, 0.5) is 11.4 Å². The maximum Gasteiger partial charge on any atom is 0.176 e. The van der Waals surface area contributed by atoms with Gasteiger partial charge in [0.05, 0.1) is 17.9 Å². The molecule has 25 heavy (non-hydrogen) atoms. The number of thioether (sulfide) groups is 1. The molecule has 2 aliphatic heterocycles. The minimum absolute atomic E-state index is 0.197. The molecule has 1 saturated heterocycles. The Labute approximate surface area is 156 Å². The van der Waals surface area contributed by atoms with Gasteiger partial charge >= 0.3 is 0 Å². The topological polar surface area (TPSA) is 49.1 Å². The number of hydrogen-bond donors (Lipinski definition) is 1. The van der Waals surface area contributed by atoms with Crippen LogP contribution in [0.1, 0.15) is 18.4 Å². The lowest BCUT2D eigenvalue weighted by Gasteiger charge is -2.40. The van der Waals surface area contributed by atoms with Crippen LogP contribution in [0.2, 0.25) is 5.02 Å². The van der Waals surface area contributed by atoms with Crippen molar-refractivity contribution in [3.8, 4) is 0 Å². The van der Waals surface area contributed by atoms with Crippen molar-refractivity contribution in [1.29, 1.82) is 0 Å². The zero-order valence-electron chi connectivity index (χ0n) is 13.8. The Balaban J connectivity index is 1.62. The fraction of sp³-hybridized carbons (Fsp3) is 0.316. The third-order valence-corrected chi connectivity index (χ3v) is 5.81. The molecule has 1 fully saturated rings. The molecule has 0 bridgehead atoms. The molecule has 1 N–H and O–H groups in total. The number of nitrogens with zero attached hydrogens (tertiary/aromatic N) is 3. The molecule has 0 unspecified atom stereocenters. The first kappa shape index (κ1) is 16.6. The van der Waals surface area contributed by atoms with E-state index in [1.165, 1.54) is 0 Å². The van der Waals surface area contributed by atoms with Gasteiger partial charge in [-0.1, -0.05) is 35.9 Å². The van der Waals surface area contributed by atoms with Crippen LogP contribution in [0, 0.1) is 0 Å². The van der Waals surface area contributed by atoms with Crippen LogP contribution >= 0.6 is 23.4 Å². The predicted octanol–water partition coefficient (Wildman–Crippen LogP) is 5.71. The van der Waals surface area contributed by atoms with Crippen molar-refractivity contribution in [1.82, 2.24) is 0 Å². The van der Waals surface area contributed by atoms with E-state index in [4.69, 9.17) is 16.6 Å². The average Bonchev–Trinajstić information content (AvgIpc) is 2.63. The molecule has 0 saturated carbocycles. The molecule has 128 valence electrons. The number of hydrogen-bond acceptors (Lipinski definition) is 5. The normalized spacial score (nSPS) is 18.7. The highest BCUT2D eigenvalue weighted by molar-refractivity contribution is 7.99. The Morgan fingerprint density at radius 1 is 1.12 bits per heavy atom. The molecule has 2 aliphatic rings. The first-order valence-electron chi connectivity index (χ1n) is 8.41. The summed E-state index contributed by atoms with van der Waals surface area (Å²) in [5.74, 6) is 3.02. The second-order valence-corrected chi connectivity index (χ2v) is 7.96. The van der Waals surface area contributed by atoms with Gasteiger partial charge in [-0.15, -0.1) is 5.11 Å². The van der Waals surface area contributed by atoms with Crippen LogP contribution in [0.3, 0.4) is 0 Å². The summed E-state index contributed by atoms with van der Waals surface area (Å²) in [6.45, 7) is 0.506. The van der Waals surface area contributed by atoms with Crippen molar-refractivity contribution in [2.75, 3.05) is 16.8 Å². The number of benzene rings is 2. The van der Waals surface area contributed by atoms with E-state index in [1.54, 1.807) is 0 Å². The Morgan fingerprint density at radius 3 is 2.80 bits per heavy atom. The zero-order valence-corrected chi connectivity index (χ0v) is 15.4. The van der Waals surface area contributed by atoms with Gasteiger partial charge < -0.3 is 5.32 Å². The van der Waals surface area contributed by atoms with Gasteiger partial charge in [-0.2, -0.15) is 16.9 Å². The molecular weight excluding hydrogens is 352 g/mol. The summed E-state index contributed by atoms with van der Waals surface area (Å²) in [6.07, 6.45) is 2.03. The molecule has 2 aromatic carbocycles. The van der Waals surface area contributed by atoms with E-state index in [9.17, 15) is 0 Å². The summed E-state index contributed by atoms with van der Waals surface area (Å²) in [5, 5.41) is 13.4. The van der Waals surface area contributed by atoms with Gasteiger partial charge in [0.15, 0.2) is 5.84 Å². The monoisotopic (exact) mass is 370 g/mol. The molecule has 2 heterocycles. The Morgan fingerprint density at radius 2 is 1.96 bits per heavy atom. The fourth-order valence-electron chi connectivity index (χ4n) is 3.22. The number of aliphatic imine (C=N–C) groups is 1. The van der Waals surface area contributed by atoms with Gasteiger partial charge in [-0.25, -0.2) is 4.99 Å². The van der Waals surface area contributed by atoms with E-state index < -0.39 is 0 Å². The van der Waals surface area contributed by atoms with Gasteiger partial charge in [0, 0.05) is 5.02 Å². The minimum atomic E-state index is -0.197. The number of nitrogens with one attached hydrogen (secondary N) is 1. The number of rotatable bonds is 2. The number of para-hydroxylation sites is 2. The molecule has 0 atom stereocenters. The largest absolute Gasteiger partial charge is 0.371 e. The van der Waals surface area contributed by atoms with Crippen LogP contribution in [0.5, 0.6) is 0 Å². The lowest BCUT2D eigenvalue weighted by atomic mass is 9.88. The second kappa shape index (κ2) is 7.18. The number of azo groups is 1. The van der Waals surface area contributed by atoms with Crippen LogP contribution in [-0.2, 0) is 6.54 Å². The molecule has 0 radical (unpaired) electrons. The smallest absolute Gasteiger partial charge is 0.176 e. The summed E-state index contributed by atoms with van der Waals surface area (Å²) >= 11 is 8.02. The molecule has 0 aliphatic carbocycles. The molecule has 0 amide bonds. The van der Waals surface area contributed by atoms with Crippen LogP contribution < -0.4 is 5.32 Å². The van der Waals surface area contributed by atoms with Crippen LogP contribution in [0.15, 0.2) is 63.8 Å². The Bertz CT molecular complexity index is 828. The van der Waals surface area contributed by atoms with Crippen LogP contribution in [-0.4, -0.2) is 22.9 Å². The van der Waals surface area contributed by atoms with E-state index in [1.807, 2.05) is 54.2 Å². The minimum Gasteiger partial charge on any atom is -0.371 e. The summed E-state index contributed by atoms with van der Waals surface area (Å²) < 4.78 is 0. The maximum atomic E-state index is 6.04. The maximum absolute atomic E-state index is 6.04. The lowest BCUT2D eigenvalue weighted by Crippen LogP contribution is -2.49. The van der Waals surface area contributed by atoms with Gasteiger partial charge in [0.1, 0.15) is 5.54 Å². The van der Waals surface area contributed by atoms with Crippen molar-refractivity contribution in [2.45, 2.75) is 24.9 Å². The van der Waals surface area contributed by atoms with Gasteiger partial charge in [-0.05, 0) is 54.2 Å². The van der Waals surface area contributed by atoms with Crippen molar-refractivity contribution in [3.63, 3.8) is 0 Å². The van der Waals surface area contributed by atoms with Crippen molar-refractivity contribution in [3.05, 3.63) is 59.1 Å². The fourth-order valence-corrected chi connectivity index (χ4v) is 4.62. The number of amidine groups is 1. The number of anilines is 1. The third-order valence-electron chi connectivity index (χ3n) is 4.59. The van der Waals surface area contributed by atoms with Crippen molar-refractivity contribution < 1.29 is 0 Å². The Kier molecular flexibility index (Phi) is 4.77. The molecule has 0 aromatic heterocycles. The lowest BCUT2D eigenvalue weighted by molar-refractivity contribution is 0.556. The van der Waals surface area contributed by atoms with E-state index >= 15 is 0 Å². The van der Waals surface area contributed by atoms with Crippen LogP contribution in [0.25, 0.3) is 0 Å². The van der Waals surface area contributed by atoms with E-state index in [0.717, 1.165) is 52.1 Å². The highest BCUT2D eigenvalue weighted by Crippen LogP contribution is 2.40. The quantitative estimate of drug-likeness (QED) is 0.688. The van der Waals surface area contributed by atoms with E-state index in [2.05, 4.69) is 21.6 Å². The zero-order chi connectivity index (χ0) is 17.1. The molecule has 1 spiro atoms. The first-order chi connectivity index (χ1) is 12.3. The molecule has 2 aromatic rings. The van der Waals surface area contributed by atoms with Gasteiger partial charge in [0.25, 0.3) is 0 Å². The highest BCUT2D eigenvalue weighted by Gasteiger charge is 2.40. The van der Waals surface area contributed by atoms with Gasteiger partial charge in [0.2, 0.25) is 0 Å². The highest BCUT2D eigenvalue weighted by atomic mass is 35.5. The molecular formula is C19H19ClN4S. The number of fused-ring (bicyclic) bond motifs is 1. The van der Waals surface area contributed by atoms with E-state index in [0.29, 0.717) is 6.54 Å². The first-order valence-corrected chi connectivity index (χ1v) is 9.95. The second-order valence-electron chi connectivity index (χ2n) is 6.30. The summed E-state index contributed by atoms with van der Waals surface area (Å²) in [6, 6.07) is 15.9. The molecule has 6 heteroatoms. The Hall–Kier alpha value is -1.85. The summed E-state index contributed by atoms with van der Waals surface area (Å²) in [5.41, 5.74) is 2.87. The third kappa shape index (κ3) is 3.58. The number of halogens is 1. The predicted molar refractivity (Wildman–Crippen MR) is 106 cm³/mol. The molecule has 4 rings (SSSR count). The average molecular weight is 371 g/mol. The van der Waals surface area contributed by atoms with Crippen molar-refractivity contribution >= 4 is 40.6 Å².